The highest BCUT2D eigenvalue weighted by atomic mass is 16.6. The van der Waals surface area contributed by atoms with Gasteiger partial charge < -0.3 is 49.3 Å². The van der Waals surface area contributed by atoms with E-state index in [1.54, 1.807) is 109 Å². The quantitative estimate of drug-likeness (QED) is 0.143. The van der Waals surface area contributed by atoms with Crippen LogP contribution in [0.4, 0.5) is 4.79 Å². The number of nitrogens with one attached hydrogen (secondary N) is 1. The van der Waals surface area contributed by atoms with Crippen LogP contribution in [0.25, 0.3) is 0 Å². The van der Waals surface area contributed by atoms with Crippen molar-refractivity contribution in [3.8, 4) is 0 Å². The fourth-order valence-electron chi connectivity index (χ4n) is 10.9. The zero-order chi connectivity index (χ0) is 47.2. The summed E-state index contributed by atoms with van der Waals surface area (Å²) in [5.74, 6) is -5.65. The van der Waals surface area contributed by atoms with E-state index >= 15 is 4.79 Å². The van der Waals surface area contributed by atoms with E-state index < -0.39 is 119 Å². The number of rotatable bonds is 12. The van der Waals surface area contributed by atoms with Crippen molar-refractivity contribution in [3.63, 3.8) is 0 Å². The topological polar surface area (TPSA) is 225 Å². The Kier molecular flexibility index (Phi) is 13.6. The van der Waals surface area contributed by atoms with Crippen molar-refractivity contribution in [2.45, 2.75) is 134 Å². The summed E-state index contributed by atoms with van der Waals surface area (Å²) in [5, 5.41) is 16.5. The van der Waals surface area contributed by atoms with Crippen molar-refractivity contribution >= 4 is 35.8 Å². The molecule has 4 aliphatic rings. The van der Waals surface area contributed by atoms with Crippen molar-refractivity contribution in [1.29, 1.82) is 0 Å². The number of fused-ring (bicyclic) bond motifs is 5. The Morgan fingerprint density at radius 3 is 2.09 bits per heavy atom. The molecule has 4 aliphatic carbocycles. The normalized spacial score (nSPS) is 31.5. The SMILES string of the molecule is COC1C(=O)C2(C)C(OC)CC3CCC3(OC(C)=O)C2C(OC(=O)c2ccccc2)C2(O)CC(OC(=O)C(OC(=O)CN)C(NC(=O)OC(C)(C)C)c3ccccc3)C(C)=C1C2(C)C. The molecular weight excluding hydrogens is 829 g/mol. The minimum atomic E-state index is -2.22. The molecule has 2 aromatic carbocycles. The lowest BCUT2D eigenvalue weighted by atomic mass is 9.41. The molecule has 1 amide bonds. The molecule has 2 aromatic rings. The lowest BCUT2D eigenvalue weighted by Crippen LogP contribution is -2.78. The van der Waals surface area contributed by atoms with Crippen LogP contribution in [0.15, 0.2) is 71.8 Å². The summed E-state index contributed by atoms with van der Waals surface area (Å²) >= 11 is 0. The van der Waals surface area contributed by atoms with Gasteiger partial charge in [-0.25, -0.2) is 14.4 Å². The van der Waals surface area contributed by atoms with Crippen LogP contribution >= 0.6 is 0 Å². The Hall–Kier alpha value is -5.16. The number of carbonyl (C=O) groups is 6. The van der Waals surface area contributed by atoms with Crippen LogP contribution in [0.3, 0.4) is 0 Å². The maximum absolute atomic E-state index is 15.7. The number of carbonyl (C=O) groups excluding carboxylic acids is 6. The molecule has 3 saturated carbocycles. The van der Waals surface area contributed by atoms with Gasteiger partial charge >= 0.3 is 30.0 Å². The average Bonchev–Trinajstić information content (AvgIpc) is 3.23. The molecule has 0 heterocycles. The average molecular weight is 891 g/mol. The van der Waals surface area contributed by atoms with Crippen LogP contribution < -0.4 is 11.1 Å². The van der Waals surface area contributed by atoms with E-state index in [-0.39, 0.29) is 23.5 Å². The first-order valence-corrected chi connectivity index (χ1v) is 21.6. The van der Waals surface area contributed by atoms with E-state index in [4.69, 9.17) is 38.9 Å². The van der Waals surface area contributed by atoms with E-state index in [9.17, 15) is 29.1 Å². The number of amides is 1. The zero-order valence-corrected chi connectivity index (χ0v) is 38.3. The molecule has 0 aliphatic heterocycles. The molecule has 16 heteroatoms. The first kappa shape index (κ1) is 48.3. The van der Waals surface area contributed by atoms with Gasteiger partial charge in [-0.15, -0.1) is 0 Å². The molecule has 0 radical (unpaired) electrons. The smallest absolute Gasteiger partial charge is 0.408 e. The third-order valence-electron chi connectivity index (χ3n) is 14.0. The third-order valence-corrected chi connectivity index (χ3v) is 14.0. The van der Waals surface area contributed by atoms with Crippen LogP contribution in [0.5, 0.6) is 0 Å². The standard InChI is InChI=1S/C48H62N2O14/c1-26-31(60-42(55)37(61-33(52)25-49)35(28-17-13-11-14-18-28)50-43(56)64-44(3,4)5)24-48(57)40(62-41(54)29-19-15-12-16-20-29)38-46(8,39(53)36(59-10)34(26)45(48,6)7)32(58-9)23-30-21-22-47(30,38)63-27(2)51/h11-20,30-32,35-38,40,57H,21-25,49H2,1-10H3,(H,50,56). The van der Waals surface area contributed by atoms with Gasteiger partial charge in [0.15, 0.2) is 5.78 Å². The lowest BCUT2D eigenvalue weighted by Gasteiger charge is -2.68. The van der Waals surface area contributed by atoms with Gasteiger partial charge in [-0.3, -0.25) is 14.4 Å². The molecule has 0 saturated heterocycles. The number of ketones is 1. The van der Waals surface area contributed by atoms with Crippen LogP contribution in [0.1, 0.15) is 103 Å². The highest BCUT2D eigenvalue weighted by molar-refractivity contribution is 5.94. The number of ether oxygens (including phenoxy) is 7. The van der Waals surface area contributed by atoms with Crippen LogP contribution in [0.2, 0.25) is 0 Å². The second kappa shape index (κ2) is 18.0. The number of aliphatic hydroxyl groups is 1. The Bertz CT molecular complexity index is 2150. The Balaban J connectivity index is 1.56. The molecule has 3 fully saturated rings. The Morgan fingerprint density at radius 1 is 0.938 bits per heavy atom. The van der Waals surface area contributed by atoms with Crippen LogP contribution in [-0.4, -0.2) is 109 Å². The van der Waals surface area contributed by atoms with Gasteiger partial charge in [0.2, 0.25) is 6.10 Å². The first-order chi connectivity index (χ1) is 30.0. The van der Waals surface area contributed by atoms with Crippen LogP contribution in [0, 0.1) is 22.7 Å². The third kappa shape index (κ3) is 8.45. The van der Waals surface area contributed by atoms with Crippen molar-refractivity contribution in [3.05, 3.63) is 82.9 Å². The predicted molar refractivity (Wildman–Crippen MR) is 229 cm³/mol. The molecule has 0 spiro atoms. The Morgan fingerprint density at radius 2 is 1.56 bits per heavy atom. The number of hydrogen-bond acceptors (Lipinski definition) is 15. The molecule has 0 aromatic heterocycles. The van der Waals surface area contributed by atoms with Crippen molar-refractivity contribution in [2.75, 3.05) is 20.8 Å². The van der Waals surface area contributed by atoms with E-state index in [1.165, 1.54) is 21.1 Å². The summed E-state index contributed by atoms with van der Waals surface area (Å²) in [6, 6.07) is 15.0. The number of alkyl carbamates (subject to hydrolysis) is 1. The Labute approximate surface area is 373 Å². The fourth-order valence-corrected chi connectivity index (χ4v) is 10.9. The highest BCUT2D eigenvalue weighted by Crippen LogP contribution is 2.67. The number of methoxy groups -OCH3 is 2. The van der Waals surface area contributed by atoms with Crippen molar-refractivity contribution < 1.29 is 67.0 Å². The lowest BCUT2D eigenvalue weighted by molar-refractivity contribution is -0.298. The summed E-state index contributed by atoms with van der Waals surface area (Å²) in [6.07, 6.45) is -7.24. The van der Waals surface area contributed by atoms with E-state index in [1.807, 2.05) is 0 Å². The van der Waals surface area contributed by atoms with E-state index in [0.29, 0.717) is 24.0 Å². The minimum Gasteiger partial charge on any atom is -0.458 e. The minimum absolute atomic E-state index is 0.152. The fraction of sp³-hybridized carbons (Fsp3) is 0.583. The molecular formula is C48H62N2O14. The molecule has 11 unspecified atom stereocenters. The number of Topliss-reactive ketones (excluding diaryl/α,β-unsaturated/α-hetero) is 1. The number of benzene rings is 2. The van der Waals surface area contributed by atoms with Gasteiger partial charge in [-0.1, -0.05) is 62.4 Å². The highest BCUT2D eigenvalue weighted by Gasteiger charge is 2.77. The van der Waals surface area contributed by atoms with Gasteiger partial charge in [0.1, 0.15) is 41.2 Å². The summed E-state index contributed by atoms with van der Waals surface area (Å²) in [4.78, 5) is 84.4. The van der Waals surface area contributed by atoms with Gasteiger partial charge in [0, 0.05) is 38.9 Å². The second-order valence-corrected chi connectivity index (χ2v) is 19.1. The molecule has 4 N–H and O–H groups in total. The summed E-state index contributed by atoms with van der Waals surface area (Å²) in [7, 11) is 2.84. The number of hydrogen-bond donors (Lipinski definition) is 3. The van der Waals surface area contributed by atoms with Crippen molar-refractivity contribution in [2.24, 2.45) is 28.4 Å². The van der Waals surface area contributed by atoms with Crippen LogP contribution in [-0.2, 0) is 52.3 Å². The molecule has 11 atom stereocenters. The molecule has 2 bridgehead atoms. The van der Waals surface area contributed by atoms with Crippen molar-refractivity contribution in [1.82, 2.24) is 5.32 Å². The maximum Gasteiger partial charge on any atom is 0.408 e. The van der Waals surface area contributed by atoms with Gasteiger partial charge in [0.05, 0.1) is 29.5 Å². The van der Waals surface area contributed by atoms with Gasteiger partial charge in [-0.2, -0.15) is 0 Å². The van der Waals surface area contributed by atoms with Gasteiger partial charge in [-0.05, 0) is 82.7 Å². The monoisotopic (exact) mass is 890 g/mol. The first-order valence-electron chi connectivity index (χ1n) is 21.6. The molecule has 6 rings (SSSR count). The maximum atomic E-state index is 15.7. The number of esters is 4. The molecule has 64 heavy (non-hydrogen) atoms. The predicted octanol–water partition coefficient (Wildman–Crippen LogP) is 5.09. The second-order valence-electron chi connectivity index (χ2n) is 19.1. The largest absolute Gasteiger partial charge is 0.458 e. The molecule has 348 valence electrons. The zero-order valence-electron chi connectivity index (χ0n) is 38.3. The summed E-state index contributed by atoms with van der Waals surface area (Å²) < 4.78 is 42.7. The van der Waals surface area contributed by atoms with E-state index in [2.05, 4.69) is 5.32 Å². The number of nitrogens with two attached hydrogens (primary N) is 1. The summed E-state index contributed by atoms with van der Waals surface area (Å²) in [6.45, 7) is 12.3. The molecule has 16 nitrogen and oxygen atoms in total. The van der Waals surface area contributed by atoms with E-state index in [0.717, 1.165) is 0 Å². The summed E-state index contributed by atoms with van der Waals surface area (Å²) in [5.41, 5.74) is -0.909. The van der Waals surface area contributed by atoms with Gasteiger partial charge in [0.25, 0.3) is 0 Å².